The molecule has 110 valence electrons. The Morgan fingerprint density at radius 3 is 2.45 bits per heavy atom. The largest absolute Gasteiger partial charge is 0.360 e. The molecule has 0 amide bonds. The molecule has 0 bridgehead atoms. The molecule has 8 nitrogen and oxygen atoms in total. The highest BCUT2D eigenvalue weighted by atomic mass is 16.6. The molecule has 0 aliphatic rings. The highest BCUT2D eigenvalue weighted by molar-refractivity contribution is 5.94. The molecule has 8 heteroatoms. The molecule has 2 heterocycles. The molecule has 22 heavy (non-hydrogen) atoms. The Kier molecular flexibility index (Phi) is 3.26. The molecule has 0 fully saturated rings. The summed E-state index contributed by atoms with van der Waals surface area (Å²) < 4.78 is 0. The fourth-order valence-corrected chi connectivity index (χ4v) is 2.41. The van der Waals surface area contributed by atoms with Gasteiger partial charge >= 0.3 is 0 Å². The summed E-state index contributed by atoms with van der Waals surface area (Å²) in [5, 5.41) is 22.5. The SMILES string of the molecule is O=[N+]([O-])c1cc([N+](=O)[O-])c2c(Cc3ccncc3)c[nH]c2c1. The molecular formula is C14H10N4O4. The Hall–Kier alpha value is -3.29. The number of fused-ring (bicyclic) bond motifs is 1. The van der Waals surface area contributed by atoms with Crippen LogP contribution in [0, 0.1) is 20.2 Å². The number of pyridine rings is 1. The summed E-state index contributed by atoms with van der Waals surface area (Å²) in [6.45, 7) is 0. The second kappa shape index (κ2) is 5.24. The number of aromatic amines is 1. The Labute approximate surface area is 123 Å². The lowest BCUT2D eigenvalue weighted by molar-refractivity contribution is -0.393. The van der Waals surface area contributed by atoms with Gasteiger partial charge in [0.05, 0.1) is 26.8 Å². The summed E-state index contributed by atoms with van der Waals surface area (Å²) in [4.78, 5) is 27.7. The normalized spacial score (nSPS) is 10.7. The molecule has 1 N–H and O–H groups in total. The number of nitrogens with zero attached hydrogens (tertiary/aromatic N) is 3. The molecular weight excluding hydrogens is 288 g/mol. The maximum Gasteiger partial charge on any atom is 0.285 e. The minimum atomic E-state index is -0.643. The van der Waals surface area contributed by atoms with Gasteiger partial charge in [-0.05, 0) is 29.7 Å². The molecule has 0 unspecified atom stereocenters. The van der Waals surface area contributed by atoms with E-state index in [1.54, 1.807) is 18.6 Å². The van der Waals surface area contributed by atoms with Crippen molar-refractivity contribution in [3.63, 3.8) is 0 Å². The van der Waals surface area contributed by atoms with Crippen molar-refractivity contribution in [1.29, 1.82) is 0 Å². The van der Waals surface area contributed by atoms with Crippen molar-refractivity contribution in [2.75, 3.05) is 0 Å². The highest BCUT2D eigenvalue weighted by Crippen LogP contribution is 2.34. The first-order valence-corrected chi connectivity index (χ1v) is 6.38. The number of rotatable bonds is 4. The van der Waals surface area contributed by atoms with E-state index in [2.05, 4.69) is 9.97 Å². The number of nitrogens with one attached hydrogen (secondary N) is 1. The second-order valence-electron chi connectivity index (χ2n) is 4.75. The number of hydrogen-bond acceptors (Lipinski definition) is 5. The van der Waals surface area contributed by atoms with Crippen LogP contribution in [0.3, 0.4) is 0 Å². The zero-order valence-electron chi connectivity index (χ0n) is 11.2. The van der Waals surface area contributed by atoms with Crippen molar-refractivity contribution >= 4 is 22.3 Å². The maximum atomic E-state index is 11.3. The lowest BCUT2D eigenvalue weighted by Crippen LogP contribution is -1.95. The van der Waals surface area contributed by atoms with Crippen LogP contribution in [0.25, 0.3) is 10.9 Å². The summed E-state index contributed by atoms with van der Waals surface area (Å²) in [5.41, 5.74) is 1.46. The van der Waals surface area contributed by atoms with Crippen molar-refractivity contribution < 1.29 is 9.85 Å². The summed E-state index contributed by atoms with van der Waals surface area (Å²) >= 11 is 0. The first-order valence-electron chi connectivity index (χ1n) is 6.38. The highest BCUT2D eigenvalue weighted by Gasteiger charge is 2.22. The average molecular weight is 298 g/mol. The van der Waals surface area contributed by atoms with E-state index in [1.165, 1.54) is 6.07 Å². The summed E-state index contributed by atoms with van der Waals surface area (Å²) in [6.07, 6.45) is 5.40. The minimum absolute atomic E-state index is 0.269. The van der Waals surface area contributed by atoms with Crippen LogP contribution in [0.5, 0.6) is 0 Å². The molecule has 0 saturated heterocycles. The van der Waals surface area contributed by atoms with Crippen LogP contribution < -0.4 is 0 Å². The van der Waals surface area contributed by atoms with Crippen LogP contribution in [-0.2, 0) is 6.42 Å². The third-order valence-corrected chi connectivity index (χ3v) is 3.38. The van der Waals surface area contributed by atoms with Gasteiger partial charge in [-0.3, -0.25) is 25.2 Å². The Morgan fingerprint density at radius 1 is 1.09 bits per heavy atom. The first-order chi connectivity index (χ1) is 10.6. The van der Waals surface area contributed by atoms with Crippen molar-refractivity contribution in [3.05, 3.63) is 74.2 Å². The third kappa shape index (κ3) is 2.37. The maximum absolute atomic E-state index is 11.3. The zero-order valence-corrected chi connectivity index (χ0v) is 11.2. The van der Waals surface area contributed by atoms with E-state index in [9.17, 15) is 20.2 Å². The molecule has 0 radical (unpaired) electrons. The monoisotopic (exact) mass is 298 g/mol. The third-order valence-electron chi connectivity index (χ3n) is 3.38. The number of nitro benzene ring substituents is 2. The molecule has 0 aliphatic heterocycles. The molecule has 0 saturated carbocycles. The van der Waals surface area contributed by atoms with Crippen LogP contribution in [-0.4, -0.2) is 19.8 Å². The summed E-state index contributed by atoms with van der Waals surface area (Å²) in [6, 6.07) is 5.93. The Morgan fingerprint density at radius 2 is 1.82 bits per heavy atom. The lowest BCUT2D eigenvalue weighted by atomic mass is 10.0. The summed E-state index contributed by atoms with van der Waals surface area (Å²) in [5.74, 6) is 0. The van der Waals surface area contributed by atoms with Crippen molar-refractivity contribution in [3.8, 4) is 0 Å². The van der Waals surface area contributed by atoms with Gasteiger partial charge in [0.15, 0.2) is 0 Å². The van der Waals surface area contributed by atoms with Crippen LogP contribution >= 0.6 is 0 Å². The number of aromatic nitrogens is 2. The number of hydrogen-bond donors (Lipinski definition) is 1. The van der Waals surface area contributed by atoms with Gasteiger partial charge in [0.1, 0.15) is 0 Å². The van der Waals surface area contributed by atoms with E-state index in [0.717, 1.165) is 11.6 Å². The predicted octanol–water partition coefficient (Wildman–Crippen LogP) is 2.97. The minimum Gasteiger partial charge on any atom is -0.360 e. The van der Waals surface area contributed by atoms with Gasteiger partial charge in [-0.15, -0.1) is 0 Å². The van der Waals surface area contributed by atoms with Crippen LogP contribution in [0.4, 0.5) is 11.4 Å². The molecule has 0 spiro atoms. The van der Waals surface area contributed by atoms with E-state index >= 15 is 0 Å². The predicted molar refractivity (Wildman–Crippen MR) is 78.7 cm³/mol. The van der Waals surface area contributed by atoms with E-state index in [4.69, 9.17) is 0 Å². The Balaban J connectivity index is 2.17. The van der Waals surface area contributed by atoms with Gasteiger partial charge in [0.25, 0.3) is 11.4 Å². The Bertz CT molecular complexity index is 873. The number of non-ortho nitro benzene ring substituents is 2. The zero-order chi connectivity index (χ0) is 15.7. The van der Waals surface area contributed by atoms with E-state index in [-0.39, 0.29) is 11.4 Å². The molecule has 3 aromatic rings. The van der Waals surface area contributed by atoms with E-state index in [1.807, 2.05) is 12.1 Å². The van der Waals surface area contributed by atoms with Crippen LogP contribution in [0.1, 0.15) is 11.1 Å². The lowest BCUT2D eigenvalue weighted by Gasteiger charge is -2.01. The van der Waals surface area contributed by atoms with Crippen molar-refractivity contribution in [2.45, 2.75) is 6.42 Å². The van der Waals surface area contributed by atoms with Crippen LogP contribution in [0.15, 0.2) is 42.9 Å². The molecule has 1 aromatic carbocycles. The van der Waals surface area contributed by atoms with E-state index < -0.39 is 9.85 Å². The van der Waals surface area contributed by atoms with Gasteiger partial charge in [-0.1, -0.05) is 0 Å². The average Bonchev–Trinajstić information content (AvgIpc) is 2.90. The van der Waals surface area contributed by atoms with Gasteiger partial charge in [-0.25, -0.2) is 0 Å². The smallest absolute Gasteiger partial charge is 0.285 e. The standard InChI is InChI=1S/C14H10N4O4/c19-17(20)11-6-12-14(13(7-11)18(21)22)10(8-16-12)5-9-1-3-15-4-2-9/h1-4,6-8,16H,5H2. The second-order valence-corrected chi connectivity index (χ2v) is 4.75. The van der Waals surface area contributed by atoms with Crippen LogP contribution in [0.2, 0.25) is 0 Å². The van der Waals surface area contributed by atoms with Gasteiger partial charge in [0, 0.05) is 24.7 Å². The fraction of sp³-hybridized carbons (Fsp3) is 0.0714. The number of nitro groups is 2. The number of benzene rings is 1. The van der Waals surface area contributed by atoms with E-state index in [0.29, 0.717) is 22.9 Å². The molecule has 0 atom stereocenters. The quantitative estimate of drug-likeness (QED) is 0.587. The van der Waals surface area contributed by atoms with Crippen molar-refractivity contribution in [2.24, 2.45) is 0 Å². The molecule has 0 aliphatic carbocycles. The number of H-pyrrole nitrogens is 1. The summed E-state index contributed by atoms with van der Waals surface area (Å²) in [7, 11) is 0. The molecule has 3 rings (SSSR count). The van der Waals surface area contributed by atoms with Gasteiger partial charge < -0.3 is 4.98 Å². The molecule has 2 aromatic heterocycles. The topological polar surface area (TPSA) is 115 Å². The fourth-order valence-electron chi connectivity index (χ4n) is 2.41. The van der Waals surface area contributed by atoms with Crippen molar-refractivity contribution in [1.82, 2.24) is 9.97 Å². The first kappa shape index (κ1) is 13.7. The van der Waals surface area contributed by atoms with Gasteiger partial charge in [-0.2, -0.15) is 0 Å². The van der Waals surface area contributed by atoms with Gasteiger partial charge in [0.2, 0.25) is 0 Å².